The van der Waals surface area contributed by atoms with E-state index in [2.05, 4.69) is 10.6 Å². The lowest BCUT2D eigenvalue weighted by Gasteiger charge is -2.32. The number of carbonyl (C=O) groups excluding carboxylic acids is 2. The van der Waals surface area contributed by atoms with Crippen LogP contribution in [0.3, 0.4) is 0 Å². The summed E-state index contributed by atoms with van der Waals surface area (Å²) in [5.41, 5.74) is 1.03. The van der Waals surface area contributed by atoms with Gasteiger partial charge in [-0.2, -0.15) is 0 Å². The van der Waals surface area contributed by atoms with Crippen molar-refractivity contribution in [3.05, 3.63) is 34.9 Å². The number of nitrogens with one attached hydrogen (secondary N) is 2. The maximum atomic E-state index is 12.3. The van der Waals surface area contributed by atoms with Crippen molar-refractivity contribution >= 4 is 23.7 Å². The van der Waals surface area contributed by atoms with Crippen LogP contribution in [0.25, 0.3) is 0 Å². The molecule has 7 heteroatoms. The number of rotatable bonds is 5. The summed E-state index contributed by atoms with van der Waals surface area (Å²) < 4.78 is 5.00. The number of urea groups is 1. The first-order valence-electron chi connectivity index (χ1n) is 8.77. The van der Waals surface area contributed by atoms with Crippen molar-refractivity contribution in [1.29, 1.82) is 0 Å². The van der Waals surface area contributed by atoms with Crippen molar-refractivity contribution < 1.29 is 14.3 Å². The third kappa shape index (κ3) is 5.81. The molecule has 0 bridgehead atoms. The Hall–Kier alpha value is -1.95. The minimum Gasteiger partial charge on any atom is -0.450 e. The average molecular weight is 368 g/mol. The van der Waals surface area contributed by atoms with Gasteiger partial charge in [-0.25, -0.2) is 9.59 Å². The molecule has 1 saturated heterocycles. The number of benzene rings is 1. The summed E-state index contributed by atoms with van der Waals surface area (Å²) in [5.74, 6) is 0. The molecule has 0 aliphatic carbocycles. The lowest BCUT2D eigenvalue weighted by molar-refractivity contribution is 0.0957. The minimum atomic E-state index is -0.279. The van der Waals surface area contributed by atoms with E-state index in [4.69, 9.17) is 16.3 Å². The Morgan fingerprint density at radius 3 is 2.44 bits per heavy atom. The number of amides is 3. The highest BCUT2D eigenvalue weighted by Gasteiger charge is 2.25. The molecule has 1 atom stereocenters. The predicted molar refractivity (Wildman–Crippen MR) is 97.8 cm³/mol. The molecule has 2 rings (SSSR count). The Labute approximate surface area is 153 Å². The van der Waals surface area contributed by atoms with Gasteiger partial charge < -0.3 is 20.3 Å². The molecule has 1 unspecified atom stereocenters. The molecule has 0 aromatic heterocycles. The molecule has 6 nitrogen and oxygen atoms in total. The number of likely N-dealkylation sites (tertiary alicyclic amines) is 1. The Bertz CT molecular complexity index is 571. The third-order valence-corrected chi connectivity index (χ3v) is 4.59. The van der Waals surface area contributed by atoms with E-state index in [1.807, 2.05) is 31.2 Å². The maximum Gasteiger partial charge on any atom is 0.409 e. The van der Waals surface area contributed by atoms with E-state index in [0.717, 1.165) is 24.8 Å². The van der Waals surface area contributed by atoms with E-state index in [-0.39, 0.29) is 24.2 Å². The van der Waals surface area contributed by atoms with Gasteiger partial charge in [0.1, 0.15) is 0 Å². The second kappa shape index (κ2) is 9.51. The zero-order valence-electron chi connectivity index (χ0n) is 14.8. The van der Waals surface area contributed by atoms with Crippen LogP contribution in [0.2, 0.25) is 5.02 Å². The number of carbonyl (C=O) groups is 2. The molecule has 0 radical (unpaired) electrons. The van der Waals surface area contributed by atoms with E-state index in [9.17, 15) is 9.59 Å². The molecule has 0 spiro atoms. The zero-order valence-corrected chi connectivity index (χ0v) is 15.5. The van der Waals surface area contributed by atoms with E-state index >= 15 is 0 Å². The van der Waals surface area contributed by atoms with E-state index in [0.29, 0.717) is 24.7 Å². The van der Waals surface area contributed by atoms with Crippen LogP contribution in [0, 0.1) is 0 Å². The topological polar surface area (TPSA) is 70.7 Å². The van der Waals surface area contributed by atoms with Crippen LogP contribution in [0.1, 0.15) is 44.7 Å². The first kappa shape index (κ1) is 19.4. The van der Waals surface area contributed by atoms with Crippen molar-refractivity contribution in [3.8, 4) is 0 Å². The largest absolute Gasteiger partial charge is 0.450 e. The van der Waals surface area contributed by atoms with Gasteiger partial charge in [-0.15, -0.1) is 0 Å². The summed E-state index contributed by atoms with van der Waals surface area (Å²) in [6.07, 6.45) is 1.96. The van der Waals surface area contributed by atoms with E-state index in [1.165, 1.54) is 0 Å². The first-order chi connectivity index (χ1) is 12.0. The highest BCUT2D eigenvalue weighted by molar-refractivity contribution is 6.30. The van der Waals surface area contributed by atoms with Crippen molar-refractivity contribution in [3.63, 3.8) is 0 Å². The summed E-state index contributed by atoms with van der Waals surface area (Å²) in [5, 5.41) is 6.68. The summed E-state index contributed by atoms with van der Waals surface area (Å²) in [6, 6.07) is 7.32. The molecule has 0 saturated carbocycles. The van der Waals surface area contributed by atoms with Crippen LogP contribution < -0.4 is 10.6 Å². The zero-order chi connectivity index (χ0) is 18.2. The first-order valence-corrected chi connectivity index (χ1v) is 9.15. The lowest BCUT2D eigenvalue weighted by Crippen LogP contribution is -2.49. The van der Waals surface area contributed by atoms with Crippen LogP contribution in [0.4, 0.5) is 9.59 Å². The summed E-state index contributed by atoms with van der Waals surface area (Å²) in [6.45, 7) is 5.39. The van der Waals surface area contributed by atoms with Crippen molar-refractivity contribution in [1.82, 2.24) is 15.5 Å². The fourth-order valence-corrected chi connectivity index (χ4v) is 3.05. The molecule has 138 valence electrons. The van der Waals surface area contributed by atoms with Gasteiger partial charge >= 0.3 is 12.1 Å². The second-order valence-corrected chi connectivity index (χ2v) is 6.53. The van der Waals surface area contributed by atoms with Gasteiger partial charge in [0.15, 0.2) is 0 Å². The molecule has 1 aliphatic rings. The number of hydrogen-bond acceptors (Lipinski definition) is 3. The van der Waals surface area contributed by atoms with Gasteiger partial charge in [-0.1, -0.05) is 30.7 Å². The van der Waals surface area contributed by atoms with E-state index < -0.39 is 0 Å². The number of nitrogens with zero attached hydrogens (tertiary/aromatic N) is 1. The fraction of sp³-hybridized carbons (Fsp3) is 0.556. The second-order valence-electron chi connectivity index (χ2n) is 6.09. The van der Waals surface area contributed by atoms with Gasteiger partial charge in [0.2, 0.25) is 0 Å². The van der Waals surface area contributed by atoms with Gasteiger partial charge in [-0.3, -0.25) is 0 Å². The molecule has 1 aromatic rings. The van der Waals surface area contributed by atoms with Crippen LogP contribution in [-0.2, 0) is 4.74 Å². The average Bonchev–Trinajstić information content (AvgIpc) is 2.61. The Balaban J connectivity index is 1.80. The van der Waals surface area contributed by atoms with Crippen molar-refractivity contribution in [2.75, 3.05) is 19.7 Å². The molecular formula is C18H26ClN3O3. The lowest BCUT2D eigenvalue weighted by atomic mass is 10.0. The Morgan fingerprint density at radius 1 is 1.24 bits per heavy atom. The molecule has 1 aromatic carbocycles. The van der Waals surface area contributed by atoms with Gasteiger partial charge in [0.25, 0.3) is 0 Å². The predicted octanol–water partition coefficient (Wildman–Crippen LogP) is 3.71. The Kier molecular flexibility index (Phi) is 7.37. The van der Waals surface area contributed by atoms with Gasteiger partial charge in [0.05, 0.1) is 12.6 Å². The smallest absolute Gasteiger partial charge is 0.409 e. The number of hydrogen-bond donors (Lipinski definition) is 2. The van der Waals surface area contributed by atoms with Crippen LogP contribution in [0.5, 0.6) is 0 Å². The van der Waals surface area contributed by atoms with Crippen LogP contribution >= 0.6 is 11.6 Å². The summed E-state index contributed by atoms with van der Waals surface area (Å²) in [7, 11) is 0. The third-order valence-electron chi connectivity index (χ3n) is 4.34. The Morgan fingerprint density at radius 2 is 1.88 bits per heavy atom. The fourth-order valence-electron chi connectivity index (χ4n) is 2.92. The van der Waals surface area contributed by atoms with Crippen molar-refractivity contribution in [2.45, 2.75) is 45.2 Å². The molecule has 1 aliphatic heterocycles. The highest BCUT2D eigenvalue weighted by atomic mass is 35.5. The molecule has 1 heterocycles. The molecule has 2 N–H and O–H groups in total. The number of piperidine rings is 1. The molecular weight excluding hydrogens is 342 g/mol. The van der Waals surface area contributed by atoms with Gasteiger partial charge in [0, 0.05) is 24.2 Å². The quantitative estimate of drug-likeness (QED) is 0.833. The summed E-state index contributed by atoms with van der Waals surface area (Å²) in [4.78, 5) is 25.7. The monoisotopic (exact) mass is 367 g/mol. The SMILES string of the molecule is CCOC(=O)N1CCC(NC(=O)NC(CC)c2ccc(Cl)cc2)CC1. The molecule has 25 heavy (non-hydrogen) atoms. The van der Waals surface area contributed by atoms with Crippen LogP contribution in [0.15, 0.2) is 24.3 Å². The number of halogens is 1. The minimum absolute atomic E-state index is 0.0584. The highest BCUT2D eigenvalue weighted by Crippen LogP contribution is 2.19. The normalized spacial score (nSPS) is 16.2. The van der Waals surface area contributed by atoms with E-state index in [1.54, 1.807) is 11.8 Å². The van der Waals surface area contributed by atoms with Crippen LogP contribution in [-0.4, -0.2) is 42.8 Å². The summed E-state index contributed by atoms with van der Waals surface area (Å²) >= 11 is 5.91. The van der Waals surface area contributed by atoms with Gasteiger partial charge in [-0.05, 0) is 43.9 Å². The number of ether oxygens (including phenoxy) is 1. The molecule has 1 fully saturated rings. The molecule has 3 amide bonds. The standard InChI is InChI=1S/C18H26ClN3O3/c1-3-16(13-5-7-14(19)8-6-13)21-17(23)20-15-9-11-22(12-10-15)18(24)25-4-2/h5-8,15-16H,3-4,9-12H2,1-2H3,(H2,20,21,23). The maximum absolute atomic E-state index is 12.3. The van der Waals surface area contributed by atoms with Crippen molar-refractivity contribution in [2.24, 2.45) is 0 Å².